The highest BCUT2D eigenvalue weighted by Crippen LogP contribution is 2.39. The lowest BCUT2D eigenvalue weighted by Gasteiger charge is -2.11. The zero-order valence-corrected chi connectivity index (χ0v) is 27.5. The first-order valence-corrected chi connectivity index (χ1v) is 17.1. The minimum absolute atomic E-state index is 0.597. The first-order valence-electron chi connectivity index (χ1n) is 17.1. The molecular formula is C47H29N3O. The van der Waals surface area contributed by atoms with Crippen LogP contribution in [0.5, 0.6) is 0 Å². The van der Waals surface area contributed by atoms with E-state index in [2.05, 4.69) is 152 Å². The minimum Gasteiger partial charge on any atom is -0.456 e. The van der Waals surface area contributed by atoms with Crippen molar-refractivity contribution >= 4 is 43.5 Å². The summed E-state index contributed by atoms with van der Waals surface area (Å²) in [5.41, 5.74) is 9.00. The summed E-state index contributed by atoms with van der Waals surface area (Å²) in [6.45, 7) is 0. The van der Waals surface area contributed by atoms with Crippen molar-refractivity contribution in [3.05, 3.63) is 176 Å². The lowest BCUT2D eigenvalue weighted by atomic mass is 9.99. The maximum Gasteiger partial charge on any atom is 0.164 e. The van der Waals surface area contributed by atoms with E-state index in [9.17, 15) is 0 Å². The van der Waals surface area contributed by atoms with E-state index in [1.807, 2.05) is 24.3 Å². The van der Waals surface area contributed by atoms with Crippen molar-refractivity contribution in [1.29, 1.82) is 0 Å². The molecule has 0 aliphatic carbocycles. The van der Waals surface area contributed by atoms with Crippen LogP contribution in [0.15, 0.2) is 180 Å². The summed E-state index contributed by atoms with van der Waals surface area (Å²) < 4.78 is 6.41. The maximum absolute atomic E-state index is 6.41. The Morgan fingerprint density at radius 3 is 1.55 bits per heavy atom. The molecule has 0 bridgehead atoms. The zero-order valence-electron chi connectivity index (χ0n) is 27.5. The predicted octanol–water partition coefficient (Wildman–Crippen LogP) is 12.4. The number of aromatic nitrogens is 3. The number of rotatable bonds is 5. The van der Waals surface area contributed by atoms with Crippen LogP contribution in [0.1, 0.15) is 0 Å². The predicted molar refractivity (Wildman–Crippen MR) is 209 cm³/mol. The van der Waals surface area contributed by atoms with Gasteiger partial charge >= 0.3 is 0 Å². The molecule has 2 heterocycles. The molecule has 0 N–H and O–H groups in total. The number of furan rings is 1. The number of nitrogens with zero attached hydrogens (tertiary/aromatic N) is 3. The Kier molecular flexibility index (Phi) is 6.78. The molecule has 0 aliphatic heterocycles. The number of fused-ring (bicyclic) bond motifs is 5. The van der Waals surface area contributed by atoms with Crippen LogP contribution >= 0.6 is 0 Å². The molecule has 0 amide bonds. The van der Waals surface area contributed by atoms with E-state index in [1.54, 1.807) is 0 Å². The van der Waals surface area contributed by atoms with E-state index in [4.69, 9.17) is 19.4 Å². The monoisotopic (exact) mass is 651 g/mol. The van der Waals surface area contributed by atoms with Crippen LogP contribution in [0.25, 0.3) is 99.9 Å². The van der Waals surface area contributed by atoms with Gasteiger partial charge in [-0.1, -0.05) is 140 Å². The maximum atomic E-state index is 6.41. The molecule has 0 saturated carbocycles. The van der Waals surface area contributed by atoms with E-state index in [0.29, 0.717) is 17.5 Å². The van der Waals surface area contributed by atoms with E-state index in [-0.39, 0.29) is 0 Å². The molecule has 4 nitrogen and oxygen atoms in total. The Labute approximate surface area is 294 Å². The first kappa shape index (κ1) is 29.0. The van der Waals surface area contributed by atoms with E-state index in [1.165, 1.54) is 16.5 Å². The van der Waals surface area contributed by atoms with Gasteiger partial charge in [0.2, 0.25) is 0 Å². The molecule has 2 aromatic heterocycles. The summed E-state index contributed by atoms with van der Waals surface area (Å²) in [4.78, 5) is 15.5. The fourth-order valence-electron chi connectivity index (χ4n) is 7.10. The van der Waals surface area contributed by atoms with Crippen LogP contribution < -0.4 is 0 Å². The summed E-state index contributed by atoms with van der Waals surface area (Å²) in [5.74, 6) is 1.83. The minimum atomic E-state index is 0.597. The Morgan fingerprint density at radius 2 is 0.843 bits per heavy atom. The zero-order chi connectivity index (χ0) is 33.7. The van der Waals surface area contributed by atoms with Gasteiger partial charge in [0.1, 0.15) is 11.2 Å². The average Bonchev–Trinajstić information content (AvgIpc) is 3.59. The second-order valence-electron chi connectivity index (χ2n) is 12.9. The Hall–Kier alpha value is -6.91. The van der Waals surface area contributed by atoms with E-state index >= 15 is 0 Å². The molecule has 0 saturated heterocycles. The highest BCUT2D eigenvalue weighted by Gasteiger charge is 2.19. The molecule has 10 aromatic rings. The smallest absolute Gasteiger partial charge is 0.164 e. The van der Waals surface area contributed by atoms with Gasteiger partial charge in [-0.15, -0.1) is 0 Å². The van der Waals surface area contributed by atoms with Crippen molar-refractivity contribution in [1.82, 2.24) is 15.0 Å². The van der Waals surface area contributed by atoms with Crippen molar-refractivity contribution in [3.63, 3.8) is 0 Å². The molecule has 0 spiro atoms. The largest absolute Gasteiger partial charge is 0.456 e. The van der Waals surface area contributed by atoms with Crippen molar-refractivity contribution < 1.29 is 4.42 Å². The second-order valence-corrected chi connectivity index (χ2v) is 12.9. The van der Waals surface area contributed by atoms with Crippen LogP contribution in [0.4, 0.5) is 0 Å². The topological polar surface area (TPSA) is 51.8 Å². The number of benzene rings is 8. The third kappa shape index (κ3) is 5.22. The standard InChI is InChI=1S/C47H29N3O/c1-3-10-30(11-4-1)35-21-18-33-20-23-38(28-39(33)27-35)46-48-45(37-22-19-32-14-7-8-15-34(32)26-37)49-47(50-46)40-16-9-17-43-44(40)41-29-36(24-25-42(41)51-43)31-12-5-2-6-13-31/h1-29H. The fraction of sp³-hybridized carbons (Fsp3) is 0. The quantitative estimate of drug-likeness (QED) is 0.186. The molecule has 10 rings (SSSR count). The number of hydrogen-bond donors (Lipinski definition) is 0. The SMILES string of the molecule is c1ccc(-c2ccc3ccc(-c4nc(-c5ccc6ccccc6c5)nc(-c5cccc6oc7ccc(-c8ccccc8)cc7c56)n4)cc3c2)cc1. The molecule has 238 valence electrons. The van der Waals surface area contributed by atoms with Crippen LogP contribution in [-0.2, 0) is 0 Å². The van der Waals surface area contributed by atoms with Crippen molar-refractivity contribution in [2.24, 2.45) is 0 Å². The fourth-order valence-corrected chi connectivity index (χ4v) is 7.10. The molecule has 0 radical (unpaired) electrons. The summed E-state index contributed by atoms with van der Waals surface area (Å²) in [5, 5.41) is 6.59. The summed E-state index contributed by atoms with van der Waals surface area (Å²) >= 11 is 0. The van der Waals surface area contributed by atoms with Gasteiger partial charge in [-0.2, -0.15) is 0 Å². The van der Waals surface area contributed by atoms with Crippen LogP contribution in [-0.4, -0.2) is 15.0 Å². The molecule has 0 atom stereocenters. The van der Waals surface area contributed by atoms with Crippen molar-refractivity contribution in [2.45, 2.75) is 0 Å². The Bertz CT molecular complexity index is 2910. The lowest BCUT2D eigenvalue weighted by molar-refractivity contribution is 0.669. The summed E-state index contributed by atoms with van der Waals surface area (Å²) in [6, 6.07) is 61.2. The summed E-state index contributed by atoms with van der Waals surface area (Å²) in [6.07, 6.45) is 0. The van der Waals surface area contributed by atoms with Gasteiger partial charge in [0, 0.05) is 27.5 Å². The Balaban J connectivity index is 1.19. The molecule has 8 aromatic carbocycles. The van der Waals surface area contributed by atoms with Gasteiger partial charge in [-0.25, -0.2) is 15.0 Å². The highest BCUT2D eigenvalue weighted by molar-refractivity contribution is 6.12. The number of hydrogen-bond acceptors (Lipinski definition) is 4. The highest BCUT2D eigenvalue weighted by atomic mass is 16.3. The average molecular weight is 652 g/mol. The van der Waals surface area contributed by atoms with Gasteiger partial charge in [0.25, 0.3) is 0 Å². The van der Waals surface area contributed by atoms with Crippen molar-refractivity contribution in [3.8, 4) is 56.4 Å². The lowest BCUT2D eigenvalue weighted by Crippen LogP contribution is -2.00. The first-order chi connectivity index (χ1) is 25.2. The summed E-state index contributed by atoms with van der Waals surface area (Å²) in [7, 11) is 0. The van der Waals surface area contributed by atoms with Gasteiger partial charge in [-0.3, -0.25) is 0 Å². The second kappa shape index (κ2) is 11.9. The molecule has 51 heavy (non-hydrogen) atoms. The Morgan fingerprint density at radius 1 is 0.314 bits per heavy atom. The molecule has 0 aliphatic rings. The van der Waals surface area contributed by atoms with Gasteiger partial charge < -0.3 is 4.42 Å². The van der Waals surface area contributed by atoms with Gasteiger partial charge in [-0.05, 0) is 80.2 Å². The molecule has 4 heteroatoms. The molecular weight excluding hydrogens is 623 g/mol. The third-order valence-electron chi connectivity index (χ3n) is 9.69. The van der Waals surface area contributed by atoms with Crippen LogP contribution in [0, 0.1) is 0 Å². The normalized spacial score (nSPS) is 11.5. The van der Waals surface area contributed by atoms with E-state index in [0.717, 1.165) is 65.9 Å². The molecule has 0 unspecified atom stereocenters. The van der Waals surface area contributed by atoms with Gasteiger partial charge in [0.15, 0.2) is 17.5 Å². The third-order valence-corrected chi connectivity index (χ3v) is 9.69. The van der Waals surface area contributed by atoms with Crippen LogP contribution in [0.2, 0.25) is 0 Å². The van der Waals surface area contributed by atoms with Crippen molar-refractivity contribution in [2.75, 3.05) is 0 Å². The van der Waals surface area contributed by atoms with Crippen LogP contribution in [0.3, 0.4) is 0 Å². The molecule has 0 fully saturated rings. The van der Waals surface area contributed by atoms with Gasteiger partial charge in [0.05, 0.1) is 0 Å². The van der Waals surface area contributed by atoms with E-state index < -0.39 is 0 Å².